The Morgan fingerprint density at radius 3 is 2.46 bits per heavy atom. The minimum Gasteiger partial charge on any atom is -0.490 e. The number of benzene rings is 3. The van der Waals surface area contributed by atoms with E-state index < -0.39 is 16.1 Å². The topological polar surface area (TPSA) is 121 Å². The molecule has 3 N–H and O–H groups in total. The molecule has 0 bridgehead atoms. The molecule has 1 fully saturated rings. The Hall–Kier alpha value is -3.70. The van der Waals surface area contributed by atoms with E-state index in [0.717, 1.165) is 27.6 Å². The number of carbonyl (C=O) groups excluding carboxylic acids is 1. The van der Waals surface area contributed by atoms with Crippen LogP contribution in [0.5, 0.6) is 5.75 Å². The number of aromatic nitrogens is 1. The molecule has 10 heteroatoms. The summed E-state index contributed by atoms with van der Waals surface area (Å²) in [6.07, 6.45) is 2.19. The molecule has 9 nitrogen and oxygen atoms in total. The predicted molar refractivity (Wildman–Crippen MR) is 158 cm³/mol. The molecule has 1 amide bonds. The lowest BCUT2D eigenvalue weighted by Crippen LogP contribution is -2.40. The summed E-state index contributed by atoms with van der Waals surface area (Å²) < 4.78 is 38.7. The highest BCUT2D eigenvalue weighted by molar-refractivity contribution is 7.89. The highest BCUT2D eigenvalue weighted by Gasteiger charge is 2.26. The molecule has 2 heterocycles. The van der Waals surface area contributed by atoms with Crippen LogP contribution in [0, 0.1) is 0 Å². The van der Waals surface area contributed by atoms with Crippen molar-refractivity contribution in [2.24, 2.45) is 0 Å². The molecule has 41 heavy (non-hydrogen) atoms. The fourth-order valence-corrected chi connectivity index (χ4v) is 6.40. The van der Waals surface area contributed by atoms with Crippen LogP contribution in [0.2, 0.25) is 0 Å². The minimum absolute atomic E-state index is 0.156. The number of para-hydroxylation sites is 1. The lowest BCUT2D eigenvalue weighted by molar-refractivity contribution is 0.0730. The SMILES string of the molecule is CC(C)Oc1ccc(-c2ccc(S(=O)(=O)N3CCOCC3)cc2)cc1C(=O)N[C@@H](CO)Cc1c[nH]c2ccccc12. The quantitative estimate of drug-likeness (QED) is 0.262. The molecule has 216 valence electrons. The summed E-state index contributed by atoms with van der Waals surface area (Å²) in [4.78, 5) is 17.0. The number of nitrogens with zero attached hydrogens (tertiary/aromatic N) is 1. The van der Waals surface area contributed by atoms with Crippen LogP contribution in [-0.4, -0.2) is 73.8 Å². The van der Waals surface area contributed by atoms with Crippen molar-refractivity contribution in [1.82, 2.24) is 14.6 Å². The van der Waals surface area contributed by atoms with Gasteiger partial charge in [-0.2, -0.15) is 4.31 Å². The number of morpholine rings is 1. The largest absolute Gasteiger partial charge is 0.490 e. The number of hydrogen-bond acceptors (Lipinski definition) is 6. The van der Waals surface area contributed by atoms with Crippen LogP contribution in [0.15, 0.2) is 77.8 Å². The summed E-state index contributed by atoms with van der Waals surface area (Å²) in [6, 6.07) is 19.4. The van der Waals surface area contributed by atoms with Gasteiger partial charge in [-0.05, 0) is 67.3 Å². The Balaban J connectivity index is 1.38. The first-order chi connectivity index (χ1) is 19.8. The second-order valence-electron chi connectivity index (χ2n) is 10.3. The minimum atomic E-state index is -3.61. The molecule has 5 rings (SSSR count). The van der Waals surface area contributed by atoms with Gasteiger partial charge < -0.3 is 24.9 Å². The van der Waals surface area contributed by atoms with Crippen molar-refractivity contribution in [3.8, 4) is 16.9 Å². The number of H-pyrrole nitrogens is 1. The Labute approximate surface area is 240 Å². The van der Waals surface area contributed by atoms with Crippen LogP contribution in [0.4, 0.5) is 0 Å². The van der Waals surface area contributed by atoms with Crippen LogP contribution >= 0.6 is 0 Å². The molecule has 1 saturated heterocycles. The molecule has 0 saturated carbocycles. The number of amides is 1. The van der Waals surface area contributed by atoms with Crippen molar-refractivity contribution in [3.63, 3.8) is 0 Å². The first kappa shape index (κ1) is 28.8. The van der Waals surface area contributed by atoms with Gasteiger partial charge in [0.15, 0.2) is 0 Å². The fraction of sp³-hybridized carbons (Fsp3) is 0.323. The highest BCUT2D eigenvalue weighted by atomic mass is 32.2. The fourth-order valence-electron chi connectivity index (χ4n) is 4.99. The molecule has 1 atom stereocenters. The number of hydrogen-bond donors (Lipinski definition) is 3. The number of aromatic amines is 1. The van der Waals surface area contributed by atoms with Crippen molar-refractivity contribution in [1.29, 1.82) is 0 Å². The highest BCUT2D eigenvalue weighted by Crippen LogP contribution is 2.29. The van der Waals surface area contributed by atoms with Gasteiger partial charge in [0.2, 0.25) is 10.0 Å². The van der Waals surface area contributed by atoms with E-state index in [0.29, 0.717) is 44.0 Å². The smallest absolute Gasteiger partial charge is 0.255 e. The van der Waals surface area contributed by atoms with E-state index in [9.17, 15) is 18.3 Å². The first-order valence-electron chi connectivity index (χ1n) is 13.7. The summed E-state index contributed by atoms with van der Waals surface area (Å²) in [7, 11) is -3.61. The van der Waals surface area contributed by atoms with Crippen LogP contribution in [0.3, 0.4) is 0 Å². The Morgan fingerprint density at radius 2 is 1.76 bits per heavy atom. The molecule has 0 unspecified atom stereocenters. The first-order valence-corrected chi connectivity index (χ1v) is 15.2. The number of ether oxygens (including phenoxy) is 2. The second-order valence-corrected chi connectivity index (χ2v) is 12.3. The lowest BCUT2D eigenvalue weighted by atomic mass is 10.0. The average molecular weight is 578 g/mol. The van der Waals surface area contributed by atoms with E-state index in [1.807, 2.05) is 50.4 Å². The molecule has 0 radical (unpaired) electrons. The zero-order chi connectivity index (χ0) is 29.0. The molecule has 0 spiro atoms. The normalized spacial score (nSPS) is 15.2. The predicted octanol–water partition coefficient (Wildman–Crippen LogP) is 3.98. The van der Waals surface area contributed by atoms with E-state index in [-0.39, 0.29) is 23.5 Å². The van der Waals surface area contributed by atoms with Gasteiger partial charge in [-0.25, -0.2) is 8.42 Å². The third kappa shape index (κ3) is 6.46. The Bertz CT molecular complexity index is 1610. The third-order valence-corrected chi connectivity index (χ3v) is 8.99. The molecule has 4 aromatic rings. The van der Waals surface area contributed by atoms with E-state index in [1.165, 1.54) is 4.31 Å². The molecule has 1 aromatic heterocycles. The number of aliphatic hydroxyl groups excluding tert-OH is 1. The van der Waals surface area contributed by atoms with Gasteiger partial charge in [-0.3, -0.25) is 4.79 Å². The monoisotopic (exact) mass is 577 g/mol. The number of sulfonamides is 1. The Morgan fingerprint density at radius 1 is 1.05 bits per heavy atom. The van der Waals surface area contributed by atoms with Crippen molar-refractivity contribution in [2.45, 2.75) is 37.3 Å². The van der Waals surface area contributed by atoms with E-state index in [1.54, 1.807) is 36.4 Å². The third-order valence-electron chi connectivity index (χ3n) is 7.08. The maximum atomic E-state index is 13.5. The van der Waals surface area contributed by atoms with Crippen LogP contribution in [0.25, 0.3) is 22.0 Å². The second kappa shape index (κ2) is 12.4. The van der Waals surface area contributed by atoms with Crippen LogP contribution in [-0.2, 0) is 21.2 Å². The Kier molecular flexibility index (Phi) is 8.74. The van der Waals surface area contributed by atoms with Gasteiger partial charge in [0.1, 0.15) is 5.75 Å². The summed E-state index contributed by atoms with van der Waals surface area (Å²) >= 11 is 0. The number of carbonyl (C=O) groups is 1. The van der Waals surface area contributed by atoms with Gasteiger partial charge in [0.05, 0.1) is 42.4 Å². The maximum Gasteiger partial charge on any atom is 0.255 e. The average Bonchev–Trinajstić information content (AvgIpc) is 3.39. The van der Waals surface area contributed by atoms with Crippen LogP contribution in [0.1, 0.15) is 29.8 Å². The molecule has 1 aliphatic heterocycles. The van der Waals surface area contributed by atoms with Gasteiger partial charge in [0, 0.05) is 30.2 Å². The summed E-state index contributed by atoms with van der Waals surface area (Å²) in [5.41, 5.74) is 3.82. The zero-order valence-electron chi connectivity index (χ0n) is 23.2. The molecular formula is C31H35N3O6S. The van der Waals surface area contributed by atoms with E-state index in [4.69, 9.17) is 9.47 Å². The van der Waals surface area contributed by atoms with Crippen molar-refractivity contribution in [2.75, 3.05) is 32.9 Å². The molecule has 0 aliphatic carbocycles. The summed E-state index contributed by atoms with van der Waals surface area (Å²) in [6.45, 7) is 4.96. The molecular weight excluding hydrogens is 542 g/mol. The van der Waals surface area contributed by atoms with Gasteiger partial charge >= 0.3 is 0 Å². The lowest BCUT2D eigenvalue weighted by Gasteiger charge is -2.26. The number of fused-ring (bicyclic) bond motifs is 1. The van der Waals surface area contributed by atoms with Crippen molar-refractivity contribution < 1.29 is 27.8 Å². The van der Waals surface area contributed by atoms with Crippen molar-refractivity contribution in [3.05, 3.63) is 84.1 Å². The van der Waals surface area contributed by atoms with Crippen LogP contribution < -0.4 is 10.1 Å². The molecule has 1 aliphatic rings. The number of aliphatic hydroxyl groups is 1. The molecule has 3 aromatic carbocycles. The summed E-state index contributed by atoms with van der Waals surface area (Å²) in [5, 5.41) is 14.1. The zero-order valence-corrected chi connectivity index (χ0v) is 24.0. The van der Waals surface area contributed by atoms with Crippen molar-refractivity contribution >= 4 is 26.8 Å². The van der Waals surface area contributed by atoms with E-state index >= 15 is 0 Å². The van der Waals surface area contributed by atoms with Gasteiger partial charge in [0.25, 0.3) is 5.91 Å². The van der Waals surface area contributed by atoms with Gasteiger partial charge in [-0.15, -0.1) is 0 Å². The van der Waals surface area contributed by atoms with E-state index in [2.05, 4.69) is 10.3 Å². The number of rotatable bonds is 10. The summed E-state index contributed by atoms with van der Waals surface area (Å²) in [5.74, 6) is 0.0597. The number of nitrogens with one attached hydrogen (secondary N) is 2. The standard InChI is InChI=1S/C31H35N3O6S/c1-21(2)40-30-12-9-23(22-7-10-26(11-8-22)41(37,38)34-13-15-39-16-14-34)18-28(30)31(36)33-25(20-35)17-24-19-32-29-6-4-3-5-27(24)29/h3-12,18-19,21,25,32,35H,13-17,20H2,1-2H3,(H,33,36)/t25-/m1/s1. The maximum absolute atomic E-state index is 13.5. The van der Waals surface area contributed by atoms with Gasteiger partial charge in [-0.1, -0.05) is 36.4 Å².